The summed E-state index contributed by atoms with van der Waals surface area (Å²) in [6.45, 7) is 1.84. The molecular formula is C18H15FN4O. The molecule has 3 rings (SSSR count). The molecule has 0 saturated heterocycles. The van der Waals surface area contributed by atoms with Gasteiger partial charge in [-0.05, 0) is 36.8 Å². The van der Waals surface area contributed by atoms with Crippen molar-refractivity contribution in [2.24, 2.45) is 0 Å². The summed E-state index contributed by atoms with van der Waals surface area (Å²) in [5.41, 5.74) is 2.85. The van der Waals surface area contributed by atoms with Gasteiger partial charge in [-0.2, -0.15) is 0 Å². The first-order valence-corrected chi connectivity index (χ1v) is 7.40. The first-order chi connectivity index (χ1) is 11.6. The fourth-order valence-electron chi connectivity index (χ4n) is 2.24. The van der Waals surface area contributed by atoms with Crippen molar-refractivity contribution < 1.29 is 9.18 Å². The highest BCUT2D eigenvalue weighted by Crippen LogP contribution is 2.18. The number of benzene rings is 1. The minimum Gasteiger partial charge on any atom is -0.346 e. The third-order valence-corrected chi connectivity index (χ3v) is 3.56. The molecule has 5 nitrogen and oxygen atoms in total. The third kappa shape index (κ3) is 3.43. The van der Waals surface area contributed by atoms with Gasteiger partial charge >= 0.3 is 0 Å². The van der Waals surface area contributed by atoms with Crippen LogP contribution in [0.5, 0.6) is 0 Å². The first kappa shape index (κ1) is 15.7. The average molecular weight is 322 g/mol. The van der Waals surface area contributed by atoms with Crippen LogP contribution in [0, 0.1) is 12.7 Å². The molecule has 0 atom stereocenters. The van der Waals surface area contributed by atoms with Crippen molar-refractivity contribution in [1.82, 2.24) is 20.3 Å². The molecule has 0 aliphatic heterocycles. The summed E-state index contributed by atoms with van der Waals surface area (Å²) >= 11 is 0. The highest BCUT2D eigenvalue weighted by atomic mass is 19.1. The lowest BCUT2D eigenvalue weighted by atomic mass is 10.1. The molecule has 2 aromatic heterocycles. The van der Waals surface area contributed by atoms with Crippen LogP contribution in [0.4, 0.5) is 4.39 Å². The minimum atomic E-state index is -0.404. The monoisotopic (exact) mass is 322 g/mol. The van der Waals surface area contributed by atoms with Crippen molar-refractivity contribution in [1.29, 1.82) is 0 Å². The predicted molar refractivity (Wildman–Crippen MR) is 87.6 cm³/mol. The molecule has 24 heavy (non-hydrogen) atoms. The number of hydrogen-bond acceptors (Lipinski definition) is 4. The van der Waals surface area contributed by atoms with E-state index in [1.54, 1.807) is 49.9 Å². The maximum absolute atomic E-state index is 13.6. The van der Waals surface area contributed by atoms with E-state index in [0.717, 1.165) is 5.56 Å². The summed E-state index contributed by atoms with van der Waals surface area (Å²) in [6.07, 6.45) is 6.51. The van der Waals surface area contributed by atoms with Gasteiger partial charge in [0.1, 0.15) is 5.82 Å². The maximum atomic E-state index is 13.6. The Morgan fingerprint density at radius 1 is 1.17 bits per heavy atom. The van der Waals surface area contributed by atoms with Crippen LogP contribution in [0.15, 0.2) is 55.1 Å². The normalized spacial score (nSPS) is 10.4. The Bertz CT molecular complexity index is 868. The van der Waals surface area contributed by atoms with Crippen LogP contribution in [0.2, 0.25) is 0 Å². The van der Waals surface area contributed by atoms with E-state index in [0.29, 0.717) is 17.0 Å². The van der Waals surface area contributed by atoms with Crippen LogP contribution >= 0.6 is 0 Å². The smallest absolute Gasteiger partial charge is 0.251 e. The zero-order valence-electron chi connectivity index (χ0n) is 13.0. The lowest BCUT2D eigenvalue weighted by molar-refractivity contribution is 0.0950. The lowest BCUT2D eigenvalue weighted by Gasteiger charge is -2.09. The Kier molecular flexibility index (Phi) is 4.56. The SMILES string of the molecule is Cc1ccc(C(=O)NCc2nccnc2-c2cccnc2)cc1F. The molecular weight excluding hydrogens is 307 g/mol. The van der Waals surface area contributed by atoms with Crippen molar-refractivity contribution in [3.8, 4) is 11.3 Å². The number of aromatic nitrogens is 3. The molecule has 1 N–H and O–H groups in total. The lowest BCUT2D eigenvalue weighted by Crippen LogP contribution is -2.24. The van der Waals surface area contributed by atoms with Crippen LogP contribution in [-0.2, 0) is 6.54 Å². The van der Waals surface area contributed by atoms with E-state index < -0.39 is 5.82 Å². The highest BCUT2D eigenvalue weighted by molar-refractivity contribution is 5.94. The minimum absolute atomic E-state index is 0.187. The number of amides is 1. The summed E-state index contributed by atoms with van der Waals surface area (Å²) in [5, 5.41) is 2.74. The molecule has 120 valence electrons. The molecule has 3 aromatic rings. The van der Waals surface area contributed by atoms with Crippen LogP contribution in [0.1, 0.15) is 21.6 Å². The van der Waals surface area contributed by atoms with Gasteiger partial charge in [0.05, 0.1) is 17.9 Å². The summed E-state index contributed by atoms with van der Waals surface area (Å²) in [6, 6.07) is 8.07. The number of hydrogen-bond donors (Lipinski definition) is 1. The predicted octanol–water partition coefficient (Wildman–Crippen LogP) is 2.92. The third-order valence-electron chi connectivity index (χ3n) is 3.56. The summed E-state index contributed by atoms with van der Waals surface area (Å²) in [4.78, 5) is 24.8. The van der Waals surface area contributed by atoms with Gasteiger partial charge < -0.3 is 5.32 Å². The largest absolute Gasteiger partial charge is 0.346 e. The molecule has 1 aromatic carbocycles. The van der Waals surface area contributed by atoms with E-state index >= 15 is 0 Å². The van der Waals surface area contributed by atoms with Gasteiger partial charge in [0.2, 0.25) is 0 Å². The molecule has 0 aliphatic rings. The Hall–Kier alpha value is -3.15. The zero-order valence-corrected chi connectivity index (χ0v) is 13.0. The van der Waals surface area contributed by atoms with Gasteiger partial charge in [0, 0.05) is 35.9 Å². The number of rotatable bonds is 4. The van der Waals surface area contributed by atoms with Crippen LogP contribution in [0.25, 0.3) is 11.3 Å². The Morgan fingerprint density at radius 3 is 2.75 bits per heavy atom. The van der Waals surface area contributed by atoms with Crippen molar-refractivity contribution >= 4 is 5.91 Å². The van der Waals surface area contributed by atoms with E-state index in [-0.39, 0.29) is 18.0 Å². The summed E-state index contributed by atoms with van der Waals surface area (Å²) < 4.78 is 13.6. The highest BCUT2D eigenvalue weighted by Gasteiger charge is 2.11. The number of nitrogens with one attached hydrogen (secondary N) is 1. The second-order valence-corrected chi connectivity index (χ2v) is 5.24. The van der Waals surface area contributed by atoms with Crippen LogP contribution < -0.4 is 5.32 Å². The van der Waals surface area contributed by atoms with Gasteiger partial charge in [0.25, 0.3) is 5.91 Å². The van der Waals surface area contributed by atoms with Crippen molar-refractivity contribution in [3.63, 3.8) is 0 Å². The first-order valence-electron chi connectivity index (χ1n) is 7.40. The quantitative estimate of drug-likeness (QED) is 0.802. The topological polar surface area (TPSA) is 67.8 Å². The van der Waals surface area contributed by atoms with E-state index in [1.807, 2.05) is 6.07 Å². The van der Waals surface area contributed by atoms with Gasteiger partial charge in [-0.1, -0.05) is 6.07 Å². The Balaban J connectivity index is 1.77. The molecule has 0 unspecified atom stereocenters. The number of carbonyl (C=O) groups excluding carboxylic acids is 1. The molecule has 0 spiro atoms. The van der Waals surface area contributed by atoms with E-state index in [9.17, 15) is 9.18 Å². The Morgan fingerprint density at radius 2 is 2.00 bits per heavy atom. The zero-order chi connectivity index (χ0) is 16.9. The molecule has 2 heterocycles. The van der Waals surface area contributed by atoms with E-state index in [1.165, 1.54) is 6.07 Å². The fraction of sp³-hybridized carbons (Fsp3) is 0.111. The van der Waals surface area contributed by atoms with Crippen molar-refractivity contribution in [3.05, 3.63) is 77.8 Å². The molecule has 0 saturated carbocycles. The van der Waals surface area contributed by atoms with Gasteiger partial charge in [-0.25, -0.2) is 4.39 Å². The van der Waals surface area contributed by atoms with Gasteiger partial charge in [0.15, 0.2) is 0 Å². The second-order valence-electron chi connectivity index (χ2n) is 5.24. The van der Waals surface area contributed by atoms with E-state index in [2.05, 4.69) is 20.3 Å². The van der Waals surface area contributed by atoms with Crippen LogP contribution in [-0.4, -0.2) is 20.9 Å². The average Bonchev–Trinajstić information content (AvgIpc) is 2.63. The molecule has 6 heteroatoms. The van der Waals surface area contributed by atoms with Crippen LogP contribution in [0.3, 0.4) is 0 Å². The molecule has 0 aliphatic carbocycles. The second kappa shape index (κ2) is 6.95. The molecule has 1 amide bonds. The fourth-order valence-corrected chi connectivity index (χ4v) is 2.24. The van der Waals surface area contributed by atoms with E-state index in [4.69, 9.17) is 0 Å². The number of nitrogens with zero attached hydrogens (tertiary/aromatic N) is 3. The summed E-state index contributed by atoms with van der Waals surface area (Å²) in [5.74, 6) is -0.769. The maximum Gasteiger partial charge on any atom is 0.251 e. The van der Waals surface area contributed by atoms with Gasteiger partial charge in [-0.15, -0.1) is 0 Å². The van der Waals surface area contributed by atoms with Crippen molar-refractivity contribution in [2.45, 2.75) is 13.5 Å². The van der Waals surface area contributed by atoms with Crippen molar-refractivity contribution in [2.75, 3.05) is 0 Å². The molecule has 0 fully saturated rings. The molecule has 0 radical (unpaired) electrons. The van der Waals surface area contributed by atoms with Gasteiger partial charge in [-0.3, -0.25) is 19.7 Å². The Labute approximate surface area is 138 Å². The number of aryl methyl sites for hydroxylation is 1. The number of carbonyl (C=O) groups is 1. The summed E-state index contributed by atoms with van der Waals surface area (Å²) in [7, 11) is 0. The standard InChI is InChI=1S/C18H15FN4O/c1-12-4-5-13(9-15(12)19)18(24)23-11-16-17(22-8-7-21-16)14-3-2-6-20-10-14/h2-10H,11H2,1H3,(H,23,24). The number of pyridine rings is 1. The number of halogens is 1. The molecule has 0 bridgehead atoms.